The molecule has 0 aromatic heterocycles. The first-order valence-corrected chi connectivity index (χ1v) is 4.51. The SMILES string of the molecule is CC1CC(N2CCC(=O)C2)C1. The summed E-state index contributed by atoms with van der Waals surface area (Å²) in [7, 11) is 0. The summed E-state index contributed by atoms with van der Waals surface area (Å²) in [4.78, 5) is 13.3. The molecule has 0 aromatic carbocycles. The maximum absolute atomic E-state index is 10.9. The maximum atomic E-state index is 10.9. The van der Waals surface area contributed by atoms with Gasteiger partial charge >= 0.3 is 0 Å². The van der Waals surface area contributed by atoms with Crippen molar-refractivity contribution in [3.8, 4) is 0 Å². The summed E-state index contributed by atoms with van der Waals surface area (Å²) in [6.45, 7) is 4.04. The van der Waals surface area contributed by atoms with Crippen LogP contribution in [0.15, 0.2) is 0 Å². The van der Waals surface area contributed by atoms with Gasteiger partial charge in [-0.05, 0) is 18.8 Å². The minimum absolute atomic E-state index is 0.435. The van der Waals surface area contributed by atoms with Crippen molar-refractivity contribution in [3.05, 3.63) is 0 Å². The van der Waals surface area contributed by atoms with E-state index in [1.54, 1.807) is 0 Å². The summed E-state index contributed by atoms with van der Waals surface area (Å²) >= 11 is 0. The Morgan fingerprint density at radius 1 is 1.45 bits per heavy atom. The average Bonchev–Trinajstić information content (AvgIpc) is 2.29. The van der Waals surface area contributed by atoms with E-state index in [0.717, 1.165) is 31.5 Å². The molecule has 0 atom stereocenters. The first-order chi connectivity index (χ1) is 5.25. The van der Waals surface area contributed by atoms with E-state index in [1.807, 2.05) is 0 Å². The van der Waals surface area contributed by atoms with E-state index in [1.165, 1.54) is 12.8 Å². The minimum atomic E-state index is 0.435. The zero-order valence-electron chi connectivity index (χ0n) is 7.05. The number of Topliss-reactive ketones (excluding diaryl/α,β-unsaturated/α-hetero) is 1. The molecule has 2 nitrogen and oxygen atoms in total. The van der Waals surface area contributed by atoms with E-state index >= 15 is 0 Å². The predicted molar refractivity (Wildman–Crippen MR) is 43.4 cm³/mol. The lowest BCUT2D eigenvalue weighted by Gasteiger charge is -2.39. The van der Waals surface area contributed by atoms with Crippen LogP contribution in [0, 0.1) is 5.92 Å². The van der Waals surface area contributed by atoms with Gasteiger partial charge in [0.05, 0.1) is 6.54 Å². The Labute approximate surface area is 67.6 Å². The Morgan fingerprint density at radius 2 is 2.18 bits per heavy atom. The van der Waals surface area contributed by atoms with Crippen molar-refractivity contribution in [2.75, 3.05) is 13.1 Å². The largest absolute Gasteiger partial charge is 0.298 e. The van der Waals surface area contributed by atoms with E-state index < -0.39 is 0 Å². The Balaban J connectivity index is 1.83. The standard InChI is InChI=1S/C9H15NO/c1-7-4-8(5-7)10-3-2-9(11)6-10/h7-8H,2-6H2,1H3. The van der Waals surface area contributed by atoms with E-state index in [2.05, 4.69) is 11.8 Å². The van der Waals surface area contributed by atoms with Gasteiger partial charge < -0.3 is 0 Å². The number of hydrogen-bond acceptors (Lipinski definition) is 2. The van der Waals surface area contributed by atoms with Crippen LogP contribution < -0.4 is 0 Å². The fraction of sp³-hybridized carbons (Fsp3) is 0.889. The van der Waals surface area contributed by atoms with Gasteiger partial charge in [-0.1, -0.05) is 6.92 Å². The molecule has 2 rings (SSSR count). The number of carbonyl (C=O) groups excluding carboxylic acids is 1. The fourth-order valence-corrected chi connectivity index (χ4v) is 2.12. The van der Waals surface area contributed by atoms with Crippen molar-refractivity contribution < 1.29 is 4.79 Å². The third kappa shape index (κ3) is 1.32. The van der Waals surface area contributed by atoms with Crippen LogP contribution in [0.4, 0.5) is 0 Å². The van der Waals surface area contributed by atoms with E-state index in [9.17, 15) is 4.79 Å². The van der Waals surface area contributed by atoms with Crippen molar-refractivity contribution in [2.24, 2.45) is 5.92 Å². The average molecular weight is 153 g/mol. The van der Waals surface area contributed by atoms with E-state index in [0.29, 0.717) is 5.78 Å². The molecule has 0 aromatic rings. The number of hydrogen-bond donors (Lipinski definition) is 0. The lowest BCUT2D eigenvalue weighted by Crippen LogP contribution is -2.42. The van der Waals surface area contributed by atoms with Gasteiger partial charge in [0.2, 0.25) is 0 Å². The molecule has 1 saturated carbocycles. The summed E-state index contributed by atoms with van der Waals surface area (Å²) < 4.78 is 0. The van der Waals surface area contributed by atoms with Crippen LogP contribution in [-0.4, -0.2) is 29.8 Å². The van der Waals surface area contributed by atoms with Crippen molar-refractivity contribution in [1.29, 1.82) is 0 Å². The molecule has 2 fully saturated rings. The van der Waals surface area contributed by atoms with Crippen LogP contribution >= 0.6 is 0 Å². The number of carbonyl (C=O) groups is 1. The Bertz CT molecular complexity index is 172. The summed E-state index contributed by atoms with van der Waals surface area (Å²) in [5, 5.41) is 0. The summed E-state index contributed by atoms with van der Waals surface area (Å²) in [5.74, 6) is 1.33. The van der Waals surface area contributed by atoms with Gasteiger partial charge in [-0.25, -0.2) is 0 Å². The summed E-state index contributed by atoms with van der Waals surface area (Å²) in [5.41, 5.74) is 0. The van der Waals surface area contributed by atoms with Gasteiger partial charge in [-0.15, -0.1) is 0 Å². The van der Waals surface area contributed by atoms with Crippen LogP contribution in [-0.2, 0) is 4.79 Å². The van der Waals surface area contributed by atoms with Crippen molar-refractivity contribution in [2.45, 2.75) is 32.2 Å². The molecule has 1 aliphatic carbocycles. The highest BCUT2D eigenvalue weighted by Gasteiger charge is 2.34. The Kier molecular flexibility index (Phi) is 1.72. The van der Waals surface area contributed by atoms with Gasteiger partial charge in [0.1, 0.15) is 5.78 Å². The van der Waals surface area contributed by atoms with E-state index in [4.69, 9.17) is 0 Å². The third-order valence-electron chi connectivity index (χ3n) is 2.92. The third-order valence-corrected chi connectivity index (χ3v) is 2.92. The van der Waals surface area contributed by atoms with Gasteiger partial charge in [-0.2, -0.15) is 0 Å². The van der Waals surface area contributed by atoms with Crippen LogP contribution in [0.1, 0.15) is 26.2 Å². The molecule has 62 valence electrons. The molecule has 1 heterocycles. The Morgan fingerprint density at radius 3 is 2.64 bits per heavy atom. The number of nitrogens with zero attached hydrogens (tertiary/aromatic N) is 1. The second-order valence-corrected chi connectivity index (χ2v) is 3.99. The highest BCUT2D eigenvalue weighted by Crippen LogP contribution is 2.32. The molecular weight excluding hydrogens is 138 g/mol. The smallest absolute Gasteiger partial charge is 0.148 e. The number of rotatable bonds is 1. The van der Waals surface area contributed by atoms with Gasteiger partial charge in [0, 0.05) is 19.0 Å². The highest BCUT2D eigenvalue weighted by atomic mass is 16.1. The Hall–Kier alpha value is -0.370. The van der Waals surface area contributed by atoms with Gasteiger partial charge in [0.25, 0.3) is 0 Å². The lowest BCUT2D eigenvalue weighted by atomic mass is 9.81. The monoisotopic (exact) mass is 153 g/mol. The first kappa shape index (κ1) is 7.29. The molecule has 0 spiro atoms. The second-order valence-electron chi connectivity index (χ2n) is 3.99. The summed E-state index contributed by atoms with van der Waals surface area (Å²) in [6, 6.07) is 0.747. The van der Waals surface area contributed by atoms with Crippen LogP contribution in [0.25, 0.3) is 0 Å². The molecule has 1 saturated heterocycles. The predicted octanol–water partition coefficient (Wildman–Crippen LogP) is 1.06. The molecule has 2 heteroatoms. The molecule has 0 amide bonds. The van der Waals surface area contributed by atoms with Crippen molar-refractivity contribution in [1.82, 2.24) is 4.90 Å². The molecular formula is C9H15NO. The second kappa shape index (κ2) is 2.59. The molecule has 11 heavy (non-hydrogen) atoms. The van der Waals surface area contributed by atoms with Crippen molar-refractivity contribution >= 4 is 5.78 Å². The molecule has 1 aliphatic heterocycles. The zero-order valence-corrected chi connectivity index (χ0v) is 7.05. The molecule has 2 aliphatic rings. The first-order valence-electron chi connectivity index (χ1n) is 4.51. The molecule has 0 radical (unpaired) electrons. The molecule has 0 unspecified atom stereocenters. The van der Waals surface area contributed by atoms with Crippen molar-refractivity contribution in [3.63, 3.8) is 0 Å². The normalized spacial score (nSPS) is 39.2. The van der Waals surface area contributed by atoms with E-state index in [-0.39, 0.29) is 0 Å². The van der Waals surface area contributed by atoms with Gasteiger partial charge in [0.15, 0.2) is 0 Å². The zero-order chi connectivity index (χ0) is 7.84. The lowest BCUT2D eigenvalue weighted by molar-refractivity contribution is -0.117. The van der Waals surface area contributed by atoms with Gasteiger partial charge in [-0.3, -0.25) is 9.69 Å². The van der Waals surface area contributed by atoms with Crippen LogP contribution in [0.2, 0.25) is 0 Å². The molecule has 0 N–H and O–H groups in total. The molecule has 0 bridgehead atoms. The highest BCUT2D eigenvalue weighted by molar-refractivity contribution is 5.82. The van der Waals surface area contributed by atoms with Crippen LogP contribution in [0.3, 0.4) is 0 Å². The topological polar surface area (TPSA) is 20.3 Å². The fourth-order valence-electron chi connectivity index (χ4n) is 2.12. The van der Waals surface area contributed by atoms with Crippen LogP contribution in [0.5, 0.6) is 0 Å². The maximum Gasteiger partial charge on any atom is 0.148 e. The number of ketones is 1. The minimum Gasteiger partial charge on any atom is -0.298 e. The quantitative estimate of drug-likeness (QED) is 0.561. The number of likely N-dealkylation sites (tertiary alicyclic amines) is 1. The summed E-state index contributed by atoms with van der Waals surface area (Å²) in [6.07, 6.45) is 3.42.